The number of allylic oxidation sites excluding steroid dienone is 1. The number of halogens is 3. The molecule has 10 heteroatoms. The molecule has 30 heavy (non-hydrogen) atoms. The van der Waals surface area contributed by atoms with Crippen LogP contribution >= 0.6 is 22.9 Å². The van der Waals surface area contributed by atoms with E-state index in [-0.39, 0.29) is 22.8 Å². The van der Waals surface area contributed by atoms with Gasteiger partial charge in [-0.05, 0) is 41.3 Å². The maximum absolute atomic E-state index is 13.9. The van der Waals surface area contributed by atoms with Crippen molar-refractivity contribution in [2.75, 3.05) is 9.62 Å². The average molecular weight is 467 g/mol. The zero-order valence-electron chi connectivity index (χ0n) is 15.1. The van der Waals surface area contributed by atoms with Gasteiger partial charge in [-0.2, -0.15) is 0 Å². The van der Waals surface area contributed by atoms with Crippen molar-refractivity contribution in [1.29, 1.82) is 0 Å². The molecule has 5 nitrogen and oxygen atoms in total. The second kappa shape index (κ2) is 7.82. The number of benzene rings is 2. The van der Waals surface area contributed by atoms with Gasteiger partial charge < -0.3 is 5.32 Å². The number of carbonyl (C=O) groups excluding carboxylic acids is 1. The normalized spacial score (nSPS) is 16.6. The lowest BCUT2D eigenvalue weighted by Crippen LogP contribution is -2.38. The first kappa shape index (κ1) is 20.5. The topological polar surface area (TPSA) is 66.5 Å². The molecule has 1 aliphatic heterocycles. The first-order valence-electron chi connectivity index (χ1n) is 8.58. The molecule has 2 heterocycles. The van der Waals surface area contributed by atoms with Crippen LogP contribution in [-0.4, -0.2) is 14.2 Å². The van der Waals surface area contributed by atoms with E-state index in [0.29, 0.717) is 16.7 Å². The Morgan fingerprint density at radius 2 is 1.83 bits per heavy atom. The number of Topliss-reactive ketones (excluding diaryl/α,β-unsaturated/α-hetero) is 1. The monoisotopic (exact) mass is 466 g/mol. The van der Waals surface area contributed by atoms with Gasteiger partial charge in [-0.3, -0.25) is 9.10 Å². The molecule has 1 aromatic heterocycles. The molecule has 0 saturated carbocycles. The van der Waals surface area contributed by atoms with Gasteiger partial charge in [0.1, 0.15) is 16.5 Å². The third-order valence-electron chi connectivity index (χ3n) is 4.44. The molecule has 1 N–H and O–H groups in total. The fraction of sp³-hybridized carbons (Fsp3) is 0.0500. The number of carbonyl (C=O) groups is 1. The SMILES string of the molecule is O=C1C(=CNc2ccc(F)cc2F)S(=O)(=O)N(Cc2ccc(Cl)cc2)c2ccsc21. The van der Waals surface area contributed by atoms with Crippen LogP contribution in [0.4, 0.5) is 20.2 Å². The average Bonchev–Trinajstić information content (AvgIpc) is 3.17. The largest absolute Gasteiger partial charge is 0.358 e. The van der Waals surface area contributed by atoms with Crippen molar-refractivity contribution in [1.82, 2.24) is 0 Å². The minimum atomic E-state index is -4.24. The molecule has 0 amide bonds. The minimum Gasteiger partial charge on any atom is -0.358 e. The first-order chi connectivity index (χ1) is 14.3. The zero-order valence-corrected chi connectivity index (χ0v) is 17.5. The van der Waals surface area contributed by atoms with Crippen LogP contribution in [0.3, 0.4) is 0 Å². The molecule has 154 valence electrons. The van der Waals surface area contributed by atoms with Gasteiger partial charge in [0.25, 0.3) is 10.0 Å². The summed E-state index contributed by atoms with van der Waals surface area (Å²) in [4.78, 5) is 12.5. The lowest BCUT2D eigenvalue weighted by Gasteiger charge is -2.29. The number of ketones is 1. The summed E-state index contributed by atoms with van der Waals surface area (Å²) >= 11 is 7.00. The molecule has 0 aliphatic carbocycles. The maximum atomic E-state index is 13.9. The highest BCUT2D eigenvalue weighted by molar-refractivity contribution is 7.97. The summed E-state index contributed by atoms with van der Waals surface area (Å²) in [6.45, 7) is -0.0151. The lowest BCUT2D eigenvalue weighted by atomic mass is 10.2. The van der Waals surface area contributed by atoms with Crippen LogP contribution in [0.2, 0.25) is 5.02 Å². The molecule has 2 aromatic carbocycles. The number of thiophene rings is 1. The van der Waals surface area contributed by atoms with E-state index in [9.17, 15) is 22.0 Å². The Morgan fingerprint density at radius 1 is 1.10 bits per heavy atom. The van der Waals surface area contributed by atoms with E-state index < -0.39 is 32.3 Å². The third kappa shape index (κ3) is 3.71. The molecular weight excluding hydrogens is 454 g/mol. The van der Waals surface area contributed by atoms with Crippen LogP contribution in [0.1, 0.15) is 15.2 Å². The fourth-order valence-corrected chi connectivity index (χ4v) is 5.57. The summed E-state index contributed by atoms with van der Waals surface area (Å²) in [6.07, 6.45) is 0.936. The number of rotatable bonds is 4. The molecule has 4 rings (SSSR count). The van der Waals surface area contributed by atoms with E-state index in [0.717, 1.165) is 34.0 Å². The van der Waals surface area contributed by atoms with Crippen molar-refractivity contribution in [3.05, 3.63) is 92.1 Å². The Balaban J connectivity index is 1.74. The van der Waals surface area contributed by atoms with Crippen molar-refractivity contribution in [2.24, 2.45) is 0 Å². The van der Waals surface area contributed by atoms with E-state index in [1.165, 1.54) is 0 Å². The summed E-state index contributed by atoms with van der Waals surface area (Å²) in [6, 6.07) is 11.0. The van der Waals surface area contributed by atoms with Crippen molar-refractivity contribution >= 4 is 50.1 Å². The molecule has 0 saturated heterocycles. The predicted molar refractivity (Wildman–Crippen MR) is 113 cm³/mol. The highest BCUT2D eigenvalue weighted by atomic mass is 35.5. The van der Waals surface area contributed by atoms with E-state index in [1.54, 1.807) is 35.7 Å². The molecule has 0 fully saturated rings. The minimum absolute atomic E-state index is 0.0151. The summed E-state index contributed by atoms with van der Waals surface area (Å²) < 4.78 is 54.6. The third-order valence-corrected chi connectivity index (χ3v) is 7.36. The first-order valence-corrected chi connectivity index (χ1v) is 11.3. The Morgan fingerprint density at radius 3 is 2.53 bits per heavy atom. The Bertz CT molecular complexity index is 1270. The number of sulfonamides is 1. The summed E-state index contributed by atoms with van der Waals surface area (Å²) in [5, 5.41) is 4.61. The van der Waals surface area contributed by atoms with E-state index in [4.69, 9.17) is 11.6 Å². The fourth-order valence-electron chi connectivity index (χ4n) is 2.96. The van der Waals surface area contributed by atoms with Gasteiger partial charge in [-0.15, -0.1) is 11.3 Å². The van der Waals surface area contributed by atoms with Gasteiger partial charge >= 0.3 is 0 Å². The lowest BCUT2D eigenvalue weighted by molar-refractivity contribution is 0.104. The summed E-state index contributed by atoms with van der Waals surface area (Å²) in [5.74, 6) is -2.38. The summed E-state index contributed by atoms with van der Waals surface area (Å²) in [7, 11) is -4.24. The van der Waals surface area contributed by atoms with Gasteiger partial charge in [-0.25, -0.2) is 17.2 Å². The number of hydrogen-bond acceptors (Lipinski definition) is 5. The second-order valence-corrected chi connectivity index (χ2v) is 9.56. The molecule has 0 unspecified atom stereocenters. The Labute approximate surface area is 180 Å². The van der Waals surface area contributed by atoms with Crippen molar-refractivity contribution in [2.45, 2.75) is 6.54 Å². The molecule has 0 bridgehead atoms. The van der Waals surface area contributed by atoms with Gasteiger partial charge in [-0.1, -0.05) is 23.7 Å². The van der Waals surface area contributed by atoms with E-state index in [2.05, 4.69) is 5.32 Å². The zero-order chi connectivity index (χ0) is 21.5. The van der Waals surface area contributed by atoms with Gasteiger partial charge in [0.15, 0.2) is 4.91 Å². The van der Waals surface area contributed by atoms with Crippen molar-refractivity contribution in [3.63, 3.8) is 0 Å². The molecule has 0 radical (unpaired) electrons. The molecule has 0 spiro atoms. The highest BCUT2D eigenvalue weighted by Crippen LogP contribution is 2.39. The summed E-state index contributed by atoms with van der Waals surface area (Å²) in [5.41, 5.74) is 0.796. The van der Waals surface area contributed by atoms with Gasteiger partial charge in [0, 0.05) is 17.3 Å². The highest BCUT2D eigenvalue weighted by Gasteiger charge is 2.41. The maximum Gasteiger partial charge on any atom is 0.270 e. The standard InChI is InChI=1S/C20H13ClF2N2O3S2/c21-13-3-1-12(2-4-13)11-25-17-7-8-29-20(17)19(26)18(30(25,27)28)10-24-16-6-5-14(22)9-15(16)23/h1-10,24H,11H2. The smallest absolute Gasteiger partial charge is 0.270 e. The number of hydrogen-bond donors (Lipinski definition) is 1. The predicted octanol–water partition coefficient (Wildman–Crippen LogP) is 5.17. The van der Waals surface area contributed by atoms with Gasteiger partial charge in [0.2, 0.25) is 5.78 Å². The number of anilines is 2. The second-order valence-electron chi connectivity index (χ2n) is 6.38. The Kier molecular flexibility index (Phi) is 5.35. The van der Waals surface area contributed by atoms with E-state index >= 15 is 0 Å². The van der Waals surface area contributed by atoms with E-state index in [1.807, 2.05) is 0 Å². The quantitative estimate of drug-likeness (QED) is 0.539. The number of nitrogens with zero attached hydrogens (tertiary/aromatic N) is 1. The van der Waals surface area contributed by atoms with Crippen LogP contribution in [0, 0.1) is 11.6 Å². The van der Waals surface area contributed by atoms with Crippen LogP contribution < -0.4 is 9.62 Å². The molecule has 0 atom stereocenters. The van der Waals surface area contributed by atoms with Crippen molar-refractivity contribution < 1.29 is 22.0 Å². The molecule has 3 aromatic rings. The van der Waals surface area contributed by atoms with Gasteiger partial charge in [0.05, 0.1) is 17.9 Å². The van der Waals surface area contributed by atoms with Crippen LogP contribution in [-0.2, 0) is 16.6 Å². The number of nitrogens with one attached hydrogen (secondary N) is 1. The molecule has 1 aliphatic rings. The number of fused-ring (bicyclic) bond motifs is 1. The Hall–Kier alpha value is -2.75. The van der Waals surface area contributed by atoms with Crippen LogP contribution in [0.25, 0.3) is 0 Å². The van der Waals surface area contributed by atoms with Crippen LogP contribution in [0.5, 0.6) is 0 Å². The molecular formula is C20H13ClF2N2O3S2. The van der Waals surface area contributed by atoms with Crippen molar-refractivity contribution in [3.8, 4) is 0 Å². The van der Waals surface area contributed by atoms with Crippen LogP contribution in [0.15, 0.2) is 65.0 Å².